The standard InChI is InChI=1S/C8H17ClNO4PS/c9-3-8(11)4-10(6-15(12,13)14)7-1-2-16-5-7/h7-8,11H,1-6H2,(H2,12,13,14). The number of hydrogen-bond donors (Lipinski definition) is 3. The van der Waals surface area contributed by atoms with Crippen molar-refractivity contribution in [2.75, 3.05) is 30.2 Å². The SMILES string of the molecule is O=P(O)(O)CN(CC(O)CCl)C1CCSC1. The molecule has 0 bridgehead atoms. The lowest BCUT2D eigenvalue weighted by molar-refractivity contribution is 0.115. The zero-order valence-electron chi connectivity index (χ0n) is 8.83. The van der Waals surface area contributed by atoms with Crippen molar-refractivity contribution in [3.63, 3.8) is 0 Å². The van der Waals surface area contributed by atoms with Gasteiger partial charge in [-0.1, -0.05) is 0 Å². The number of aliphatic hydroxyl groups excluding tert-OH is 1. The molecule has 1 saturated heterocycles. The molecule has 1 heterocycles. The van der Waals surface area contributed by atoms with Crippen LogP contribution in [0.25, 0.3) is 0 Å². The van der Waals surface area contributed by atoms with Gasteiger partial charge in [0.15, 0.2) is 0 Å². The molecule has 16 heavy (non-hydrogen) atoms. The molecule has 0 aromatic carbocycles. The van der Waals surface area contributed by atoms with Crippen LogP contribution in [0.5, 0.6) is 0 Å². The van der Waals surface area contributed by atoms with Crippen molar-refractivity contribution in [2.24, 2.45) is 0 Å². The summed E-state index contributed by atoms with van der Waals surface area (Å²) in [6.45, 7) is 0.222. The molecule has 0 saturated carbocycles. The van der Waals surface area contributed by atoms with Crippen LogP contribution in [0.15, 0.2) is 0 Å². The van der Waals surface area contributed by atoms with Crippen LogP contribution in [0.1, 0.15) is 6.42 Å². The lowest BCUT2D eigenvalue weighted by Crippen LogP contribution is -2.41. The first-order valence-electron chi connectivity index (χ1n) is 5.03. The van der Waals surface area contributed by atoms with Gasteiger partial charge in [0, 0.05) is 24.2 Å². The predicted molar refractivity (Wildman–Crippen MR) is 66.1 cm³/mol. The monoisotopic (exact) mass is 289 g/mol. The maximum absolute atomic E-state index is 11.0. The van der Waals surface area contributed by atoms with Gasteiger partial charge in [0.05, 0.1) is 6.10 Å². The summed E-state index contributed by atoms with van der Waals surface area (Å²) in [5.41, 5.74) is 0. The first-order chi connectivity index (χ1) is 7.42. The van der Waals surface area contributed by atoms with Gasteiger partial charge in [0.1, 0.15) is 6.29 Å². The van der Waals surface area contributed by atoms with E-state index in [-0.39, 0.29) is 24.8 Å². The average Bonchev–Trinajstić information content (AvgIpc) is 2.67. The molecular weight excluding hydrogens is 273 g/mol. The molecule has 5 nitrogen and oxygen atoms in total. The van der Waals surface area contributed by atoms with Crippen molar-refractivity contribution in [3.8, 4) is 0 Å². The summed E-state index contributed by atoms with van der Waals surface area (Å²) in [4.78, 5) is 19.6. The van der Waals surface area contributed by atoms with Crippen LogP contribution in [0.4, 0.5) is 0 Å². The maximum Gasteiger partial charge on any atom is 0.339 e. The van der Waals surface area contributed by atoms with Crippen LogP contribution < -0.4 is 0 Å². The predicted octanol–water partition coefficient (Wildman–Crippen LogP) is 0.529. The third-order valence-corrected chi connectivity index (χ3v) is 4.64. The molecular formula is C8H17ClNO4PS. The highest BCUT2D eigenvalue weighted by molar-refractivity contribution is 7.99. The van der Waals surface area contributed by atoms with Crippen LogP contribution in [0.3, 0.4) is 0 Å². The Labute approximate surface area is 104 Å². The number of alkyl halides is 1. The van der Waals surface area contributed by atoms with E-state index in [2.05, 4.69) is 0 Å². The molecule has 2 unspecified atom stereocenters. The number of thioether (sulfide) groups is 1. The van der Waals surface area contributed by atoms with E-state index in [9.17, 15) is 9.67 Å². The number of aliphatic hydroxyl groups is 1. The molecule has 0 spiro atoms. The van der Waals surface area contributed by atoms with Gasteiger partial charge >= 0.3 is 7.60 Å². The lowest BCUT2D eigenvalue weighted by Gasteiger charge is -2.29. The Kier molecular flexibility index (Phi) is 6.08. The summed E-state index contributed by atoms with van der Waals surface area (Å²) in [5, 5.41) is 9.45. The fraction of sp³-hybridized carbons (Fsp3) is 1.00. The first kappa shape index (κ1) is 14.8. The molecule has 0 aromatic rings. The molecule has 1 rings (SSSR count). The lowest BCUT2D eigenvalue weighted by atomic mass is 10.2. The highest BCUT2D eigenvalue weighted by atomic mass is 35.5. The second-order valence-corrected chi connectivity index (χ2v) is 6.97. The third-order valence-electron chi connectivity index (χ3n) is 2.41. The van der Waals surface area contributed by atoms with E-state index in [1.165, 1.54) is 0 Å². The molecule has 0 radical (unpaired) electrons. The van der Waals surface area contributed by atoms with Gasteiger partial charge in [-0.2, -0.15) is 11.8 Å². The van der Waals surface area contributed by atoms with Crippen molar-refractivity contribution >= 4 is 31.0 Å². The van der Waals surface area contributed by atoms with E-state index < -0.39 is 13.7 Å². The van der Waals surface area contributed by atoms with Crippen molar-refractivity contribution in [1.29, 1.82) is 0 Å². The minimum absolute atomic E-state index is 0.0809. The van der Waals surface area contributed by atoms with E-state index in [1.807, 2.05) is 0 Å². The van der Waals surface area contributed by atoms with E-state index in [0.717, 1.165) is 17.9 Å². The molecule has 3 N–H and O–H groups in total. The van der Waals surface area contributed by atoms with Crippen LogP contribution in [0.2, 0.25) is 0 Å². The summed E-state index contributed by atoms with van der Waals surface area (Å²) >= 11 is 7.26. The van der Waals surface area contributed by atoms with Crippen LogP contribution in [-0.4, -0.2) is 62.2 Å². The third kappa shape index (κ3) is 5.36. The number of halogens is 1. The molecule has 0 amide bonds. The first-order valence-corrected chi connectivity index (χ1v) is 8.51. The highest BCUT2D eigenvalue weighted by Gasteiger charge is 2.29. The topological polar surface area (TPSA) is 81.0 Å². The number of hydrogen-bond acceptors (Lipinski definition) is 4. The Morgan fingerprint density at radius 1 is 1.56 bits per heavy atom. The Hall–Kier alpha value is 0.710. The summed E-state index contributed by atoms with van der Waals surface area (Å²) in [7, 11) is -4.08. The normalized spacial score (nSPS) is 23.9. The Morgan fingerprint density at radius 3 is 2.69 bits per heavy atom. The minimum Gasteiger partial charge on any atom is -0.391 e. The molecule has 1 aliphatic rings. The van der Waals surface area contributed by atoms with Crippen LogP contribution >= 0.6 is 31.0 Å². The number of nitrogens with zero attached hydrogens (tertiary/aromatic N) is 1. The van der Waals surface area contributed by atoms with Gasteiger partial charge in [0.25, 0.3) is 0 Å². The van der Waals surface area contributed by atoms with Gasteiger partial charge < -0.3 is 14.9 Å². The maximum atomic E-state index is 11.0. The van der Waals surface area contributed by atoms with Gasteiger partial charge in [-0.3, -0.25) is 9.46 Å². The van der Waals surface area contributed by atoms with Gasteiger partial charge in [-0.25, -0.2) is 0 Å². The van der Waals surface area contributed by atoms with Crippen molar-refractivity contribution in [3.05, 3.63) is 0 Å². The molecule has 1 fully saturated rings. The molecule has 8 heteroatoms. The molecule has 96 valence electrons. The molecule has 0 aliphatic carbocycles. The second kappa shape index (κ2) is 6.59. The minimum atomic E-state index is -4.08. The fourth-order valence-corrected chi connectivity index (χ4v) is 3.86. The average molecular weight is 290 g/mol. The summed E-state index contributed by atoms with van der Waals surface area (Å²) < 4.78 is 11.0. The molecule has 0 aromatic heterocycles. The highest BCUT2D eigenvalue weighted by Crippen LogP contribution is 2.37. The quantitative estimate of drug-likeness (QED) is 0.489. The van der Waals surface area contributed by atoms with E-state index in [1.54, 1.807) is 16.7 Å². The van der Waals surface area contributed by atoms with E-state index in [0.29, 0.717) is 0 Å². The van der Waals surface area contributed by atoms with Crippen molar-refractivity contribution < 1.29 is 19.5 Å². The fourth-order valence-electron chi connectivity index (χ4n) is 1.69. The van der Waals surface area contributed by atoms with Gasteiger partial charge in [-0.15, -0.1) is 11.6 Å². The smallest absolute Gasteiger partial charge is 0.339 e. The summed E-state index contributed by atoms with van der Waals surface area (Å²) in [5.74, 6) is 1.94. The molecule has 1 aliphatic heterocycles. The van der Waals surface area contributed by atoms with Gasteiger partial charge in [0.2, 0.25) is 0 Å². The Morgan fingerprint density at radius 2 is 2.25 bits per heavy atom. The second-order valence-electron chi connectivity index (χ2n) is 3.90. The molecule has 2 atom stereocenters. The largest absolute Gasteiger partial charge is 0.391 e. The number of rotatable bonds is 6. The summed E-state index contributed by atoms with van der Waals surface area (Å²) in [6.07, 6.45) is -0.134. The Bertz CT molecular complexity index is 258. The van der Waals surface area contributed by atoms with Crippen LogP contribution in [0, 0.1) is 0 Å². The van der Waals surface area contributed by atoms with Crippen molar-refractivity contribution in [2.45, 2.75) is 18.6 Å². The Balaban J connectivity index is 2.57. The van der Waals surface area contributed by atoms with Crippen molar-refractivity contribution in [1.82, 2.24) is 4.90 Å². The van der Waals surface area contributed by atoms with Gasteiger partial charge in [-0.05, 0) is 12.2 Å². The van der Waals surface area contributed by atoms with E-state index >= 15 is 0 Å². The zero-order chi connectivity index (χ0) is 12.2. The van der Waals surface area contributed by atoms with Crippen LogP contribution in [-0.2, 0) is 4.57 Å². The summed E-state index contributed by atoms with van der Waals surface area (Å²) in [6, 6.07) is 0.135. The van der Waals surface area contributed by atoms with E-state index in [4.69, 9.17) is 21.4 Å². The zero-order valence-corrected chi connectivity index (χ0v) is 11.3.